The molecule has 1 heterocycles. The van der Waals surface area contributed by atoms with Crippen LogP contribution in [0.4, 0.5) is 13.2 Å². The quantitative estimate of drug-likeness (QED) is 0.942. The molecule has 1 N–H and O–H groups in total. The Hall–Kier alpha value is -2.18. The minimum Gasteiger partial charge on any atom is -0.417 e. The number of fused-ring (bicyclic) bond motifs is 1. The normalized spacial score (nSPS) is 11.7. The van der Waals surface area contributed by atoms with Gasteiger partial charge in [-0.25, -0.2) is 0 Å². The van der Waals surface area contributed by atoms with Crippen molar-refractivity contribution in [3.8, 4) is 0 Å². The molecule has 0 spiro atoms. The fourth-order valence-corrected chi connectivity index (χ4v) is 2.17. The highest BCUT2D eigenvalue weighted by atomic mass is 19.4. The predicted octanol–water partition coefficient (Wildman–Crippen LogP) is 2.40. The second kappa shape index (κ2) is 5.67. The lowest BCUT2D eigenvalue weighted by molar-refractivity contribution is -0.137. The summed E-state index contributed by atoms with van der Waals surface area (Å²) in [5, 5.41) is 3.09. The zero-order chi connectivity index (χ0) is 15.6. The summed E-state index contributed by atoms with van der Waals surface area (Å²) in [6, 6.07) is 3.51. The smallest absolute Gasteiger partial charge is 0.416 e. The highest BCUT2D eigenvalue weighted by Gasteiger charge is 2.31. The first kappa shape index (κ1) is 15.2. The molecule has 21 heavy (non-hydrogen) atoms. The third-order valence-corrected chi connectivity index (χ3v) is 3.15. The van der Waals surface area contributed by atoms with Crippen LogP contribution < -0.4 is 10.2 Å². The monoisotopic (exact) mass is 300 g/mol. The number of benzene rings is 1. The molecule has 0 radical (unpaired) electrons. The Morgan fingerprint density at radius 2 is 2.10 bits per heavy atom. The van der Waals surface area contributed by atoms with E-state index in [0.29, 0.717) is 29.4 Å². The molecule has 0 aliphatic carbocycles. The summed E-state index contributed by atoms with van der Waals surface area (Å²) in [4.78, 5) is 16.0. The number of nitrogens with zero attached hydrogens (tertiary/aromatic N) is 1. The van der Waals surface area contributed by atoms with E-state index in [2.05, 4.69) is 5.32 Å². The van der Waals surface area contributed by atoms with Crippen LogP contribution in [0, 0.1) is 0 Å². The number of aromatic nitrogens is 1. The molecule has 4 nitrogen and oxygen atoms in total. The van der Waals surface area contributed by atoms with Crippen LogP contribution in [-0.4, -0.2) is 24.3 Å². The summed E-state index contributed by atoms with van der Waals surface area (Å²) < 4.78 is 39.8. The summed E-state index contributed by atoms with van der Waals surface area (Å²) in [7, 11) is 1.44. The molecule has 1 aromatic carbocycles. The second-order valence-corrected chi connectivity index (χ2v) is 4.63. The molecule has 1 aromatic heterocycles. The van der Waals surface area contributed by atoms with Gasteiger partial charge >= 0.3 is 6.18 Å². The molecule has 0 atom stereocenters. The first-order valence-electron chi connectivity index (χ1n) is 6.33. The van der Waals surface area contributed by atoms with Crippen LogP contribution in [0.1, 0.15) is 18.1 Å². The zero-order valence-electron chi connectivity index (χ0n) is 11.6. The van der Waals surface area contributed by atoms with Gasteiger partial charge in [-0.1, -0.05) is 0 Å². The molecule has 0 saturated heterocycles. The lowest BCUT2D eigenvalue weighted by Gasteiger charge is -2.07. The summed E-state index contributed by atoms with van der Waals surface area (Å²) in [5.41, 5.74) is 0.541. The maximum absolute atomic E-state index is 12.8. The Bertz CT molecular complexity index is 662. The van der Waals surface area contributed by atoms with Gasteiger partial charge in [0.15, 0.2) is 0 Å². The fraction of sp³-hybridized carbons (Fsp3) is 0.357. The highest BCUT2D eigenvalue weighted by molar-refractivity contribution is 5.84. The molecule has 0 fully saturated rings. The van der Waals surface area contributed by atoms with Crippen LogP contribution in [0.5, 0.6) is 0 Å². The Morgan fingerprint density at radius 1 is 1.38 bits per heavy atom. The summed E-state index contributed by atoms with van der Waals surface area (Å²) in [6.45, 7) is 1.74. The van der Waals surface area contributed by atoms with Crippen molar-refractivity contribution in [2.75, 3.05) is 13.7 Å². The Morgan fingerprint density at radius 3 is 2.67 bits per heavy atom. The lowest BCUT2D eigenvalue weighted by atomic mass is 10.1. The molecule has 114 valence electrons. The van der Waals surface area contributed by atoms with Crippen LogP contribution in [0.25, 0.3) is 10.9 Å². The molecule has 0 bridgehead atoms. The van der Waals surface area contributed by atoms with Crippen molar-refractivity contribution in [2.24, 2.45) is 0 Å². The van der Waals surface area contributed by atoms with Crippen LogP contribution in [-0.2, 0) is 17.4 Å². The van der Waals surface area contributed by atoms with Gasteiger partial charge in [0.1, 0.15) is 7.11 Å². The van der Waals surface area contributed by atoms with E-state index in [4.69, 9.17) is 4.84 Å². The molecule has 2 aromatic rings. The van der Waals surface area contributed by atoms with Gasteiger partial charge in [-0.3, -0.25) is 4.79 Å². The van der Waals surface area contributed by atoms with Gasteiger partial charge in [-0.15, -0.1) is 0 Å². The third-order valence-electron chi connectivity index (χ3n) is 3.15. The molecular weight excluding hydrogens is 285 g/mol. The van der Waals surface area contributed by atoms with E-state index in [1.54, 1.807) is 6.20 Å². The minimum atomic E-state index is -4.39. The number of rotatable bonds is 4. The zero-order valence-corrected chi connectivity index (χ0v) is 11.6. The number of hydrogen-bond acceptors (Lipinski definition) is 2. The van der Waals surface area contributed by atoms with E-state index in [0.717, 1.165) is 12.1 Å². The Kier molecular flexibility index (Phi) is 4.11. The van der Waals surface area contributed by atoms with E-state index in [9.17, 15) is 18.0 Å². The number of amides is 1. The van der Waals surface area contributed by atoms with Gasteiger partial charge in [-0.05, 0) is 30.2 Å². The molecular formula is C14H15F3N2O2. The van der Waals surface area contributed by atoms with Gasteiger partial charge in [0.25, 0.3) is 0 Å². The van der Waals surface area contributed by atoms with Gasteiger partial charge in [0, 0.05) is 25.1 Å². The average Bonchev–Trinajstić information content (AvgIpc) is 2.75. The topological polar surface area (TPSA) is 43.3 Å². The molecule has 2 rings (SSSR count). The van der Waals surface area contributed by atoms with Crippen LogP contribution in [0.15, 0.2) is 24.4 Å². The number of carbonyl (C=O) groups excluding carboxylic acids is 1. The van der Waals surface area contributed by atoms with Gasteiger partial charge in [0.05, 0.1) is 11.1 Å². The lowest BCUT2D eigenvalue weighted by Crippen LogP contribution is -2.22. The van der Waals surface area contributed by atoms with Gasteiger partial charge < -0.3 is 10.2 Å². The SMILES string of the molecule is COn1cc(CCNC(C)=O)c2cc(C(F)(F)F)ccc21. The van der Waals surface area contributed by atoms with E-state index in [1.807, 2.05) is 0 Å². The summed E-state index contributed by atoms with van der Waals surface area (Å²) >= 11 is 0. The van der Waals surface area contributed by atoms with Crippen LogP contribution in [0.3, 0.4) is 0 Å². The van der Waals surface area contributed by atoms with Crippen molar-refractivity contribution in [1.82, 2.24) is 10.0 Å². The Balaban J connectivity index is 2.41. The van der Waals surface area contributed by atoms with Crippen molar-refractivity contribution in [3.05, 3.63) is 35.5 Å². The molecule has 0 saturated carbocycles. The number of halogens is 3. The fourth-order valence-electron chi connectivity index (χ4n) is 2.17. The first-order chi connectivity index (χ1) is 9.82. The minimum absolute atomic E-state index is 0.179. The number of alkyl halides is 3. The van der Waals surface area contributed by atoms with Crippen molar-refractivity contribution >= 4 is 16.8 Å². The predicted molar refractivity (Wildman–Crippen MR) is 71.8 cm³/mol. The van der Waals surface area contributed by atoms with Gasteiger partial charge in [0.2, 0.25) is 5.91 Å². The maximum Gasteiger partial charge on any atom is 0.416 e. The van der Waals surface area contributed by atoms with Crippen molar-refractivity contribution in [1.29, 1.82) is 0 Å². The third kappa shape index (κ3) is 3.29. The second-order valence-electron chi connectivity index (χ2n) is 4.63. The highest BCUT2D eigenvalue weighted by Crippen LogP contribution is 2.32. The van der Waals surface area contributed by atoms with E-state index in [-0.39, 0.29) is 5.91 Å². The van der Waals surface area contributed by atoms with Crippen LogP contribution >= 0.6 is 0 Å². The van der Waals surface area contributed by atoms with Gasteiger partial charge in [-0.2, -0.15) is 17.9 Å². The van der Waals surface area contributed by atoms with E-state index < -0.39 is 11.7 Å². The average molecular weight is 300 g/mol. The van der Waals surface area contributed by atoms with Crippen molar-refractivity contribution in [2.45, 2.75) is 19.5 Å². The summed E-state index contributed by atoms with van der Waals surface area (Å²) in [6.07, 6.45) is -2.33. The summed E-state index contributed by atoms with van der Waals surface area (Å²) in [5.74, 6) is -0.179. The largest absolute Gasteiger partial charge is 0.417 e. The van der Waals surface area contributed by atoms with E-state index >= 15 is 0 Å². The number of hydrogen-bond donors (Lipinski definition) is 1. The number of carbonyl (C=O) groups is 1. The Labute approximate surface area is 119 Å². The molecule has 0 aliphatic rings. The van der Waals surface area contributed by atoms with E-state index in [1.165, 1.54) is 24.8 Å². The standard InChI is InChI=1S/C14H15F3N2O2/c1-9(20)18-6-5-10-8-19(21-2)13-4-3-11(7-12(10)13)14(15,16)17/h3-4,7-8H,5-6H2,1-2H3,(H,18,20). The molecule has 0 unspecified atom stereocenters. The van der Waals surface area contributed by atoms with Crippen LogP contribution in [0.2, 0.25) is 0 Å². The number of nitrogens with one attached hydrogen (secondary N) is 1. The molecule has 7 heteroatoms. The first-order valence-corrected chi connectivity index (χ1v) is 6.33. The van der Waals surface area contributed by atoms with Crippen molar-refractivity contribution < 1.29 is 22.8 Å². The maximum atomic E-state index is 12.8. The molecule has 0 aliphatic heterocycles. The molecule has 1 amide bonds. The van der Waals surface area contributed by atoms with Crippen molar-refractivity contribution in [3.63, 3.8) is 0 Å².